The highest BCUT2D eigenvalue weighted by Gasteiger charge is 2.47. The van der Waals surface area contributed by atoms with Gasteiger partial charge in [-0.15, -0.1) is 0 Å². The molecule has 2 rings (SSSR count). The summed E-state index contributed by atoms with van der Waals surface area (Å²) < 4.78 is 5.10. The molecule has 104 valence electrons. The molecule has 1 aliphatic rings. The average molecular weight is 263 g/mol. The maximum absolute atomic E-state index is 11.4. The number of ether oxygens (including phenoxy) is 1. The average Bonchev–Trinajstić information content (AvgIpc) is 2.27. The van der Waals surface area contributed by atoms with Crippen molar-refractivity contribution in [2.24, 2.45) is 5.41 Å². The first-order valence-electron chi connectivity index (χ1n) is 6.46. The first-order chi connectivity index (χ1) is 8.85. The van der Waals surface area contributed by atoms with Crippen molar-refractivity contribution < 1.29 is 14.6 Å². The third-order valence-corrected chi connectivity index (χ3v) is 3.97. The van der Waals surface area contributed by atoms with E-state index in [4.69, 9.17) is 4.74 Å². The summed E-state index contributed by atoms with van der Waals surface area (Å²) in [5, 5.41) is 9.34. The molecule has 1 N–H and O–H groups in total. The van der Waals surface area contributed by atoms with Crippen LogP contribution >= 0.6 is 0 Å². The summed E-state index contributed by atoms with van der Waals surface area (Å²) in [4.78, 5) is 13.4. The van der Waals surface area contributed by atoms with Crippen LogP contribution in [0, 0.1) is 26.2 Å². The van der Waals surface area contributed by atoms with E-state index in [9.17, 15) is 9.90 Å². The zero-order valence-electron chi connectivity index (χ0n) is 12.0. The number of carbonyl (C=O) groups is 1. The van der Waals surface area contributed by atoms with E-state index in [1.54, 1.807) is 0 Å². The van der Waals surface area contributed by atoms with E-state index in [2.05, 4.69) is 32.9 Å². The standard InChI is InChI=1S/C15H21NO3/c1-10-5-12(3)13(6-11(10)2)16(4)7-15(14(17)18)8-19-9-15/h5-6H,7-9H2,1-4H3,(H,17,18). The molecule has 1 aromatic rings. The largest absolute Gasteiger partial charge is 0.481 e. The van der Waals surface area contributed by atoms with E-state index in [1.165, 1.54) is 16.7 Å². The number of carboxylic acids is 1. The minimum Gasteiger partial charge on any atom is -0.481 e. The Morgan fingerprint density at radius 1 is 1.26 bits per heavy atom. The van der Waals surface area contributed by atoms with Crippen LogP contribution in [-0.2, 0) is 9.53 Å². The Morgan fingerprint density at radius 2 is 1.84 bits per heavy atom. The van der Waals surface area contributed by atoms with E-state index in [1.807, 2.05) is 11.9 Å². The molecule has 4 nitrogen and oxygen atoms in total. The predicted molar refractivity (Wildman–Crippen MR) is 74.8 cm³/mol. The Hall–Kier alpha value is -1.55. The third kappa shape index (κ3) is 2.45. The maximum atomic E-state index is 11.4. The van der Waals surface area contributed by atoms with Gasteiger partial charge in [-0.25, -0.2) is 0 Å². The maximum Gasteiger partial charge on any atom is 0.316 e. The SMILES string of the molecule is Cc1cc(C)c(N(C)CC2(C(=O)O)COC2)cc1C. The summed E-state index contributed by atoms with van der Waals surface area (Å²) in [5.74, 6) is -0.771. The zero-order chi connectivity index (χ0) is 14.2. The predicted octanol–water partition coefficient (Wildman–Crippen LogP) is 2.15. The number of anilines is 1. The monoisotopic (exact) mass is 263 g/mol. The Labute approximate surface area is 114 Å². The highest BCUT2D eigenvalue weighted by Crippen LogP contribution is 2.32. The van der Waals surface area contributed by atoms with Gasteiger partial charge in [-0.2, -0.15) is 0 Å². The van der Waals surface area contributed by atoms with Gasteiger partial charge in [0, 0.05) is 19.3 Å². The molecule has 0 spiro atoms. The van der Waals surface area contributed by atoms with Gasteiger partial charge in [-0.05, 0) is 43.5 Å². The van der Waals surface area contributed by atoms with E-state index in [-0.39, 0.29) is 0 Å². The Morgan fingerprint density at radius 3 is 2.32 bits per heavy atom. The molecular weight excluding hydrogens is 242 g/mol. The molecule has 0 amide bonds. The topological polar surface area (TPSA) is 49.8 Å². The number of carboxylic acid groups (broad SMARTS) is 1. The molecule has 0 aliphatic carbocycles. The minimum atomic E-state index is -0.771. The molecule has 1 aliphatic heterocycles. The van der Waals surface area contributed by atoms with Gasteiger partial charge in [0.1, 0.15) is 5.41 Å². The molecule has 0 saturated carbocycles. The summed E-state index contributed by atoms with van der Waals surface area (Å²) >= 11 is 0. The van der Waals surface area contributed by atoms with Gasteiger partial charge >= 0.3 is 5.97 Å². The van der Waals surface area contributed by atoms with Crippen LogP contribution in [0.3, 0.4) is 0 Å². The molecule has 0 bridgehead atoms. The van der Waals surface area contributed by atoms with Gasteiger partial charge in [-0.1, -0.05) is 6.07 Å². The second kappa shape index (κ2) is 4.85. The fourth-order valence-electron chi connectivity index (χ4n) is 2.53. The Bertz CT molecular complexity index is 506. The molecule has 19 heavy (non-hydrogen) atoms. The van der Waals surface area contributed by atoms with Crippen molar-refractivity contribution in [3.8, 4) is 0 Å². The number of hydrogen-bond donors (Lipinski definition) is 1. The Balaban J connectivity index is 2.23. The van der Waals surface area contributed by atoms with Gasteiger partial charge < -0.3 is 14.7 Å². The van der Waals surface area contributed by atoms with E-state index < -0.39 is 11.4 Å². The van der Waals surface area contributed by atoms with Gasteiger partial charge in [0.05, 0.1) is 13.2 Å². The van der Waals surface area contributed by atoms with Crippen molar-refractivity contribution in [1.82, 2.24) is 0 Å². The van der Waals surface area contributed by atoms with Crippen molar-refractivity contribution in [1.29, 1.82) is 0 Å². The number of benzene rings is 1. The Kier molecular flexibility index (Phi) is 3.54. The second-order valence-electron chi connectivity index (χ2n) is 5.66. The van der Waals surface area contributed by atoms with E-state index in [0.717, 1.165) is 5.69 Å². The summed E-state index contributed by atoms with van der Waals surface area (Å²) in [6.45, 7) is 7.30. The molecule has 1 aromatic carbocycles. The molecule has 0 radical (unpaired) electrons. The van der Waals surface area contributed by atoms with Crippen LogP contribution in [-0.4, -0.2) is 37.9 Å². The van der Waals surface area contributed by atoms with Crippen LogP contribution in [0.1, 0.15) is 16.7 Å². The van der Waals surface area contributed by atoms with Crippen molar-refractivity contribution in [2.45, 2.75) is 20.8 Å². The summed E-state index contributed by atoms with van der Waals surface area (Å²) in [6.07, 6.45) is 0. The highest BCUT2D eigenvalue weighted by molar-refractivity contribution is 5.77. The third-order valence-electron chi connectivity index (χ3n) is 3.97. The molecule has 0 aromatic heterocycles. The molecular formula is C15H21NO3. The van der Waals surface area contributed by atoms with Gasteiger partial charge in [0.25, 0.3) is 0 Å². The number of aliphatic carboxylic acids is 1. The van der Waals surface area contributed by atoms with E-state index >= 15 is 0 Å². The number of nitrogens with zero attached hydrogens (tertiary/aromatic N) is 1. The second-order valence-corrected chi connectivity index (χ2v) is 5.66. The molecule has 4 heteroatoms. The van der Waals surface area contributed by atoms with E-state index in [0.29, 0.717) is 19.8 Å². The lowest BCUT2D eigenvalue weighted by atomic mass is 9.85. The molecule has 1 heterocycles. The first-order valence-corrected chi connectivity index (χ1v) is 6.46. The fourth-order valence-corrected chi connectivity index (χ4v) is 2.53. The summed E-state index contributed by atoms with van der Waals surface area (Å²) in [5.41, 5.74) is 4.00. The lowest BCUT2D eigenvalue weighted by Gasteiger charge is -2.40. The number of rotatable bonds is 4. The number of hydrogen-bond acceptors (Lipinski definition) is 3. The van der Waals surface area contributed by atoms with Gasteiger partial charge in [0.2, 0.25) is 0 Å². The summed E-state index contributed by atoms with van der Waals surface area (Å²) in [6, 6.07) is 4.27. The zero-order valence-corrected chi connectivity index (χ0v) is 12.0. The molecule has 1 fully saturated rings. The van der Waals surface area contributed by atoms with Crippen molar-refractivity contribution in [2.75, 3.05) is 31.7 Å². The quantitative estimate of drug-likeness (QED) is 0.904. The van der Waals surface area contributed by atoms with Crippen LogP contribution in [0.2, 0.25) is 0 Å². The molecule has 1 saturated heterocycles. The lowest BCUT2D eigenvalue weighted by molar-refractivity contribution is -0.177. The van der Waals surface area contributed by atoms with Crippen LogP contribution < -0.4 is 4.90 Å². The van der Waals surface area contributed by atoms with Gasteiger partial charge in [-0.3, -0.25) is 4.79 Å². The van der Waals surface area contributed by atoms with Crippen molar-refractivity contribution in [3.63, 3.8) is 0 Å². The smallest absolute Gasteiger partial charge is 0.316 e. The minimum absolute atomic E-state index is 0.302. The van der Waals surface area contributed by atoms with Gasteiger partial charge in [0.15, 0.2) is 0 Å². The highest BCUT2D eigenvalue weighted by atomic mass is 16.5. The normalized spacial score (nSPS) is 16.8. The lowest BCUT2D eigenvalue weighted by Crippen LogP contribution is -2.55. The van der Waals surface area contributed by atoms with Crippen molar-refractivity contribution >= 4 is 11.7 Å². The van der Waals surface area contributed by atoms with Crippen LogP contribution in [0.4, 0.5) is 5.69 Å². The first kappa shape index (κ1) is 13.9. The number of aryl methyl sites for hydroxylation is 3. The van der Waals surface area contributed by atoms with Crippen LogP contribution in [0.25, 0.3) is 0 Å². The van der Waals surface area contributed by atoms with Crippen molar-refractivity contribution in [3.05, 3.63) is 28.8 Å². The van der Waals surface area contributed by atoms with Crippen LogP contribution in [0.15, 0.2) is 12.1 Å². The fraction of sp³-hybridized carbons (Fsp3) is 0.533. The molecule has 0 unspecified atom stereocenters. The summed E-state index contributed by atoms with van der Waals surface area (Å²) in [7, 11) is 1.94. The molecule has 0 atom stereocenters. The van der Waals surface area contributed by atoms with Crippen LogP contribution in [0.5, 0.6) is 0 Å².